The zero-order chi connectivity index (χ0) is 30.8. The van der Waals surface area contributed by atoms with Crippen LogP contribution in [-0.4, -0.2) is 82.3 Å². The van der Waals surface area contributed by atoms with Crippen LogP contribution in [0.2, 0.25) is 0 Å². The standard InChI is InChI=1S/C31H35F2N7O3S/c1-39-9-11-40(12-10-39)23-4-6-26(29(16-23)35-19-20-3-2-8-34-18-20)31(41)36-30-27-17-24(5-7-28(27)37-38-30)44(42,43)25-14-21(32)13-22(33)15-25/h4-7,13-17,20,34-35H,2-3,8-12,18-19H2,1H3,(H2,36,37,38,41). The predicted molar refractivity (Wildman–Crippen MR) is 166 cm³/mol. The average Bonchev–Trinajstić information content (AvgIpc) is 3.42. The molecule has 1 aromatic heterocycles. The fourth-order valence-corrected chi connectivity index (χ4v) is 7.07. The van der Waals surface area contributed by atoms with E-state index in [0.717, 1.165) is 69.9 Å². The number of piperazine rings is 1. The SMILES string of the molecule is CN1CCN(c2ccc(C(=O)Nc3n[nH]c4ccc(S(=O)(=O)c5cc(F)cc(F)c5)cc34)c(NCC3CCCNC3)c2)CC1. The van der Waals surface area contributed by atoms with Crippen LogP contribution in [0.25, 0.3) is 10.9 Å². The van der Waals surface area contributed by atoms with Gasteiger partial charge >= 0.3 is 0 Å². The van der Waals surface area contributed by atoms with Gasteiger partial charge in [0.15, 0.2) is 5.82 Å². The number of fused-ring (bicyclic) bond motifs is 1. The van der Waals surface area contributed by atoms with E-state index in [0.29, 0.717) is 40.7 Å². The van der Waals surface area contributed by atoms with Gasteiger partial charge in [-0.3, -0.25) is 9.89 Å². The highest BCUT2D eigenvalue weighted by atomic mass is 32.2. The molecular weight excluding hydrogens is 588 g/mol. The zero-order valence-electron chi connectivity index (χ0n) is 24.4. The number of rotatable bonds is 8. The number of carbonyl (C=O) groups is 1. The number of H-pyrrole nitrogens is 1. The summed E-state index contributed by atoms with van der Waals surface area (Å²) in [6.45, 7) is 6.34. The summed E-state index contributed by atoms with van der Waals surface area (Å²) in [5.41, 5.74) is 2.66. The topological polar surface area (TPSA) is 122 Å². The first-order valence-corrected chi connectivity index (χ1v) is 16.2. The number of nitrogens with zero attached hydrogens (tertiary/aromatic N) is 3. The van der Waals surface area contributed by atoms with Crippen molar-refractivity contribution in [1.29, 1.82) is 0 Å². The second-order valence-corrected chi connectivity index (χ2v) is 13.4. The van der Waals surface area contributed by atoms with Crippen LogP contribution in [0.3, 0.4) is 0 Å². The Kier molecular flexibility index (Phi) is 8.52. The molecule has 1 unspecified atom stereocenters. The summed E-state index contributed by atoms with van der Waals surface area (Å²) < 4.78 is 54.0. The molecule has 6 rings (SSSR count). The number of nitrogens with one attached hydrogen (secondary N) is 4. The smallest absolute Gasteiger partial charge is 0.258 e. The Bertz CT molecular complexity index is 1760. The van der Waals surface area contributed by atoms with Crippen molar-refractivity contribution < 1.29 is 22.0 Å². The van der Waals surface area contributed by atoms with Crippen molar-refractivity contribution in [2.45, 2.75) is 22.6 Å². The second-order valence-electron chi connectivity index (χ2n) is 11.5. The molecule has 232 valence electrons. The van der Waals surface area contributed by atoms with E-state index in [1.807, 2.05) is 12.1 Å². The van der Waals surface area contributed by atoms with Gasteiger partial charge in [-0.1, -0.05) is 0 Å². The molecule has 0 aliphatic carbocycles. The number of anilines is 3. The predicted octanol–water partition coefficient (Wildman–Crippen LogP) is 4.09. The number of aromatic amines is 1. The maximum Gasteiger partial charge on any atom is 0.258 e. The number of amides is 1. The quantitative estimate of drug-likeness (QED) is 0.232. The van der Waals surface area contributed by atoms with Gasteiger partial charge in [0.25, 0.3) is 5.91 Å². The number of carbonyl (C=O) groups excluding carboxylic acids is 1. The molecule has 0 spiro atoms. The minimum absolute atomic E-state index is 0.137. The van der Waals surface area contributed by atoms with Crippen LogP contribution in [0.1, 0.15) is 23.2 Å². The molecule has 13 heteroatoms. The third-order valence-corrected chi connectivity index (χ3v) is 10.1. The van der Waals surface area contributed by atoms with Crippen molar-refractivity contribution in [3.05, 3.63) is 71.8 Å². The van der Waals surface area contributed by atoms with Crippen molar-refractivity contribution >= 4 is 43.8 Å². The van der Waals surface area contributed by atoms with Gasteiger partial charge in [0.2, 0.25) is 9.84 Å². The first kappa shape index (κ1) is 30.0. The Balaban J connectivity index is 1.28. The summed E-state index contributed by atoms with van der Waals surface area (Å²) in [7, 11) is -2.15. The minimum atomic E-state index is -4.25. The van der Waals surface area contributed by atoms with Crippen LogP contribution in [0, 0.1) is 17.6 Å². The fraction of sp³-hybridized carbons (Fsp3) is 0.355. The van der Waals surface area contributed by atoms with Gasteiger partial charge in [-0.2, -0.15) is 5.10 Å². The van der Waals surface area contributed by atoms with E-state index in [4.69, 9.17) is 0 Å². The molecule has 0 radical (unpaired) electrons. The third-order valence-electron chi connectivity index (χ3n) is 8.32. The highest BCUT2D eigenvalue weighted by Gasteiger charge is 2.23. The molecule has 3 heterocycles. The van der Waals surface area contributed by atoms with Crippen molar-refractivity contribution in [2.75, 3.05) is 68.4 Å². The molecule has 1 atom stereocenters. The van der Waals surface area contributed by atoms with E-state index in [9.17, 15) is 22.0 Å². The molecule has 0 bridgehead atoms. The van der Waals surface area contributed by atoms with Crippen LogP contribution in [-0.2, 0) is 9.84 Å². The number of sulfone groups is 1. The van der Waals surface area contributed by atoms with Crippen LogP contribution < -0.4 is 20.9 Å². The molecule has 2 aliphatic heterocycles. The number of piperidine rings is 1. The number of benzene rings is 3. The Morgan fingerprint density at radius 1 is 1.00 bits per heavy atom. The molecule has 4 N–H and O–H groups in total. The van der Waals surface area contributed by atoms with E-state index in [1.54, 1.807) is 6.07 Å². The maximum absolute atomic E-state index is 13.8. The van der Waals surface area contributed by atoms with Gasteiger partial charge in [0, 0.05) is 55.6 Å². The van der Waals surface area contributed by atoms with Crippen molar-refractivity contribution in [3.63, 3.8) is 0 Å². The maximum atomic E-state index is 13.8. The Hall–Kier alpha value is -4.07. The van der Waals surface area contributed by atoms with Gasteiger partial charge in [-0.05, 0) is 87.4 Å². The zero-order valence-corrected chi connectivity index (χ0v) is 25.2. The van der Waals surface area contributed by atoms with Crippen molar-refractivity contribution in [1.82, 2.24) is 20.4 Å². The highest BCUT2D eigenvalue weighted by Crippen LogP contribution is 2.30. The van der Waals surface area contributed by atoms with E-state index in [-0.39, 0.29) is 10.7 Å². The summed E-state index contributed by atoms with van der Waals surface area (Å²) in [5.74, 6) is -1.83. The molecule has 1 amide bonds. The summed E-state index contributed by atoms with van der Waals surface area (Å²) >= 11 is 0. The molecule has 0 saturated carbocycles. The number of hydrogen-bond acceptors (Lipinski definition) is 8. The van der Waals surface area contributed by atoms with E-state index in [2.05, 4.69) is 43.0 Å². The fourth-order valence-electron chi connectivity index (χ4n) is 5.74. The van der Waals surface area contributed by atoms with Crippen LogP contribution in [0.15, 0.2) is 64.4 Å². The summed E-state index contributed by atoms with van der Waals surface area (Å²) in [5, 5.41) is 17.1. The number of likely N-dealkylation sites (N-methyl/N-ethyl adjacent to an activating group) is 1. The van der Waals surface area contributed by atoms with E-state index >= 15 is 0 Å². The third kappa shape index (κ3) is 6.40. The summed E-state index contributed by atoms with van der Waals surface area (Å²) in [4.78, 5) is 17.6. The number of aromatic nitrogens is 2. The first-order chi connectivity index (χ1) is 21.2. The first-order valence-electron chi connectivity index (χ1n) is 14.7. The Morgan fingerprint density at radius 3 is 2.50 bits per heavy atom. The summed E-state index contributed by atoms with van der Waals surface area (Å²) in [6.07, 6.45) is 2.21. The lowest BCUT2D eigenvalue weighted by Gasteiger charge is -2.34. The molecule has 2 saturated heterocycles. The lowest BCUT2D eigenvalue weighted by molar-refractivity contribution is 0.102. The molecule has 10 nitrogen and oxygen atoms in total. The van der Waals surface area contributed by atoms with Gasteiger partial charge in [-0.15, -0.1) is 0 Å². The molecular formula is C31H35F2N7O3S. The largest absolute Gasteiger partial charge is 0.384 e. The van der Waals surface area contributed by atoms with Crippen molar-refractivity contribution in [3.8, 4) is 0 Å². The Morgan fingerprint density at radius 2 is 1.77 bits per heavy atom. The average molecular weight is 624 g/mol. The van der Waals surface area contributed by atoms with Gasteiger partial charge in [0.05, 0.1) is 20.9 Å². The van der Waals surface area contributed by atoms with Crippen LogP contribution >= 0.6 is 0 Å². The highest BCUT2D eigenvalue weighted by molar-refractivity contribution is 7.91. The minimum Gasteiger partial charge on any atom is -0.384 e. The van der Waals surface area contributed by atoms with Gasteiger partial charge in [-0.25, -0.2) is 17.2 Å². The number of halogens is 2. The van der Waals surface area contributed by atoms with Crippen LogP contribution in [0.5, 0.6) is 0 Å². The van der Waals surface area contributed by atoms with Crippen LogP contribution in [0.4, 0.5) is 26.0 Å². The lowest BCUT2D eigenvalue weighted by atomic mass is 9.99. The lowest BCUT2D eigenvalue weighted by Crippen LogP contribution is -2.44. The normalized spacial score (nSPS) is 18.0. The monoisotopic (exact) mass is 623 g/mol. The second kappa shape index (κ2) is 12.5. The molecule has 2 fully saturated rings. The van der Waals surface area contributed by atoms with Gasteiger partial charge in [0.1, 0.15) is 11.6 Å². The van der Waals surface area contributed by atoms with E-state index < -0.39 is 32.3 Å². The molecule has 44 heavy (non-hydrogen) atoms. The van der Waals surface area contributed by atoms with Gasteiger partial charge < -0.3 is 25.8 Å². The Labute approximate surface area is 254 Å². The summed E-state index contributed by atoms with van der Waals surface area (Å²) in [6, 6.07) is 12.1. The molecule has 4 aromatic rings. The molecule has 3 aromatic carbocycles. The van der Waals surface area contributed by atoms with E-state index in [1.165, 1.54) is 18.2 Å². The number of hydrogen-bond donors (Lipinski definition) is 4. The van der Waals surface area contributed by atoms with Crippen molar-refractivity contribution in [2.24, 2.45) is 5.92 Å². The molecule has 2 aliphatic rings.